The number of rotatable bonds is 5. The first-order chi connectivity index (χ1) is 9.29. The fourth-order valence-corrected chi connectivity index (χ4v) is 0.965. The number of nitrogens with one attached hydrogen (secondary N) is 1. The first kappa shape index (κ1) is 27.5. The Bertz CT molecular complexity index is 199. The van der Waals surface area contributed by atoms with E-state index in [-0.39, 0.29) is 5.91 Å². The van der Waals surface area contributed by atoms with Crippen LogP contribution < -0.4 is 5.32 Å². The van der Waals surface area contributed by atoms with Crippen molar-refractivity contribution in [2.24, 2.45) is 11.8 Å². The highest BCUT2D eigenvalue weighted by molar-refractivity contribution is 5.75. The Balaban J connectivity index is -0.000000102. The van der Waals surface area contributed by atoms with E-state index in [2.05, 4.69) is 19.2 Å². The summed E-state index contributed by atoms with van der Waals surface area (Å²) < 4.78 is 0. The summed E-state index contributed by atoms with van der Waals surface area (Å²) in [5.74, 6) is 1.56. The zero-order valence-corrected chi connectivity index (χ0v) is 15.6. The van der Waals surface area contributed by atoms with E-state index in [0.717, 1.165) is 12.8 Å². The maximum Gasteiger partial charge on any atom is 0.219 e. The largest absolute Gasteiger partial charge is 0.359 e. The van der Waals surface area contributed by atoms with Gasteiger partial charge < -0.3 is 10.1 Å². The minimum Gasteiger partial charge on any atom is -0.359 e. The van der Waals surface area contributed by atoms with Gasteiger partial charge in [-0.25, -0.2) is 0 Å². The van der Waals surface area contributed by atoms with E-state index in [1.807, 2.05) is 41.5 Å². The van der Waals surface area contributed by atoms with Crippen LogP contribution in [0.4, 0.5) is 0 Å². The monoisotopic (exact) mass is 289 g/mol. The van der Waals surface area contributed by atoms with Crippen LogP contribution in [0, 0.1) is 11.8 Å². The van der Waals surface area contributed by atoms with Crippen LogP contribution in [-0.4, -0.2) is 18.7 Å². The lowest BCUT2D eigenvalue weighted by molar-refractivity contribution is -0.121. The Kier molecular flexibility index (Phi) is 31.9. The molecule has 0 spiro atoms. The van der Waals surface area contributed by atoms with Gasteiger partial charge in [0.1, 0.15) is 5.78 Å². The zero-order chi connectivity index (χ0) is 17.1. The number of hydrogen-bond acceptors (Lipinski definition) is 2. The van der Waals surface area contributed by atoms with Gasteiger partial charge in [-0.2, -0.15) is 0 Å². The Hall–Kier alpha value is -0.860. The van der Waals surface area contributed by atoms with Gasteiger partial charge in [-0.15, -0.1) is 0 Å². The highest BCUT2D eigenvalue weighted by atomic mass is 16.1. The molecule has 0 aromatic rings. The summed E-state index contributed by atoms with van der Waals surface area (Å²) in [6.45, 7) is 17.9. The molecule has 0 heterocycles. The zero-order valence-electron chi connectivity index (χ0n) is 15.6. The Morgan fingerprint density at radius 3 is 1.40 bits per heavy atom. The van der Waals surface area contributed by atoms with Gasteiger partial charge in [0.05, 0.1) is 0 Å². The highest BCUT2D eigenvalue weighted by Crippen LogP contribution is 2.02. The van der Waals surface area contributed by atoms with Gasteiger partial charge in [0.15, 0.2) is 0 Å². The van der Waals surface area contributed by atoms with E-state index in [0.29, 0.717) is 24.0 Å². The van der Waals surface area contributed by atoms with Gasteiger partial charge >= 0.3 is 0 Å². The number of hydrogen-bond donors (Lipinski definition) is 1. The first-order valence-corrected chi connectivity index (χ1v) is 7.99. The van der Waals surface area contributed by atoms with Crippen LogP contribution in [0.25, 0.3) is 0 Å². The number of ketones is 1. The third-order valence-corrected chi connectivity index (χ3v) is 1.95. The van der Waals surface area contributed by atoms with Crippen LogP contribution in [-0.2, 0) is 9.59 Å². The molecule has 20 heavy (non-hydrogen) atoms. The summed E-state index contributed by atoms with van der Waals surface area (Å²) in [4.78, 5) is 20.9. The van der Waals surface area contributed by atoms with Crippen molar-refractivity contribution in [2.45, 2.75) is 81.6 Å². The lowest BCUT2D eigenvalue weighted by Gasteiger charge is -2.00. The van der Waals surface area contributed by atoms with E-state index in [1.54, 1.807) is 14.0 Å². The number of carbonyl (C=O) groups excluding carboxylic acids is 2. The lowest BCUT2D eigenvalue weighted by Crippen LogP contribution is -2.19. The number of carbonyl (C=O) groups is 2. The molecule has 0 fully saturated rings. The van der Waals surface area contributed by atoms with E-state index >= 15 is 0 Å². The highest BCUT2D eigenvalue weighted by Gasteiger charge is 1.99. The van der Waals surface area contributed by atoms with Crippen molar-refractivity contribution in [2.75, 3.05) is 7.05 Å². The molecule has 0 rings (SSSR count). The molecule has 0 radical (unpaired) electrons. The summed E-state index contributed by atoms with van der Waals surface area (Å²) in [5.41, 5.74) is 0. The van der Waals surface area contributed by atoms with Gasteiger partial charge in [-0.1, -0.05) is 55.4 Å². The normalized spacial score (nSPS) is 8.40. The van der Waals surface area contributed by atoms with E-state index in [4.69, 9.17) is 0 Å². The number of amides is 1. The predicted octanol–water partition coefficient (Wildman–Crippen LogP) is 4.84. The number of Topliss-reactive ketones (excluding diaryl/α,β-unsaturated/α-hetero) is 1. The molecule has 0 aliphatic heterocycles. The standard InChI is InChI=1S/C7H14O.C6H13NO.2C2H6/c1-6(2)4-5-7(3)8;1-5(2)4-6(8)7-3;2*1-2/h6H,4-5H2,1-3H3;5H,4H2,1-3H3,(H,7,8);2*1-2H3. The Morgan fingerprint density at radius 2 is 1.30 bits per heavy atom. The summed E-state index contributed by atoms with van der Waals surface area (Å²) in [6, 6.07) is 0. The van der Waals surface area contributed by atoms with Crippen LogP contribution in [0.3, 0.4) is 0 Å². The average molecular weight is 290 g/mol. The maximum absolute atomic E-state index is 10.5. The smallest absolute Gasteiger partial charge is 0.219 e. The molecule has 1 N–H and O–H groups in total. The summed E-state index contributed by atoms with van der Waals surface area (Å²) in [5, 5.41) is 2.56. The minimum atomic E-state index is 0.125. The van der Waals surface area contributed by atoms with Gasteiger partial charge in [-0.05, 0) is 25.2 Å². The SMILES string of the molecule is CC.CC.CC(=O)CCC(C)C.CNC(=O)CC(C)C. The third-order valence-electron chi connectivity index (χ3n) is 1.95. The topological polar surface area (TPSA) is 46.2 Å². The Morgan fingerprint density at radius 1 is 0.900 bits per heavy atom. The lowest BCUT2D eigenvalue weighted by atomic mass is 10.1. The average Bonchev–Trinajstić information content (AvgIpc) is 2.41. The van der Waals surface area contributed by atoms with Gasteiger partial charge in [-0.3, -0.25) is 4.79 Å². The molecular formula is C17H39NO2. The molecule has 3 nitrogen and oxygen atoms in total. The van der Waals surface area contributed by atoms with Crippen LogP contribution in [0.2, 0.25) is 0 Å². The molecule has 0 unspecified atom stereocenters. The van der Waals surface area contributed by atoms with Crippen molar-refractivity contribution in [3.05, 3.63) is 0 Å². The second kappa shape index (κ2) is 23.2. The van der Waals surface area contributed by atoms with Crippen LogP contribution in [0.15, 0.2) is 0 Å². The molecule has 0 bridgehead atoms. The molecule has 0 aliphatic carbocycles. The van der Waals surface area contributed by atoms with Crippen LogP contribution in [0.5, 0.6) is 0 Å². The van der Waals surface area contributed by atoms with Gasteiger partial charge in [0, 0.05) is 19.9 Å². The van der Waals surface area contributed by atoms with Crippen molar-refractivity contribution < 1.29 is 9.59 Å². The fraction of sp³-hybridized carbons (Fsp3) is 0.882. The van der Waals surface area contributed by atoms with E-state index in [1.165, 1.54) is 0 Å². The molecule has 3 heteroatoms. The van der Waals surface area contributed by atoms with Crippen molar-refractivity contribution in [3.8, 4) is 0 Å². The third kappa shape index (κ3) is 43.4. The van der Waals surface area contributed by atoms with E-state index < -0.39 is 0 Å². The van der Waals surface area contributed by atoms with Crippen molar-refractivity contribution in [1.29, 1.82) is 0 Å². The molecule has 1 amide bonds. The molecule has 0 saturated heterocycles. The molecule has 124 valence electrons. The van der Waals surface area contributed by atoms with Gasteiger partial charge in [0.2, 0.25) is 5.91 Å². The molecule has 0 aromatic heterocycles. The summed E-state index contributed by atoms with van der Waals surface area (Å²) in [7, 11) is 1.66. The summed E-state index contributed by atoms with van der Waals surface area (Å²) >= 11 is 0. The fourth-order valence-electron chi connectivity index (χ4n) is 0.965. The molecule has 0 aliphatic rings. The van der Waals surface area contributed by atoms with Crippen molar-refractivity contribution in [1.82, 2.24) is 5.32 Å². The molecule has 0 aromatic carbocycles. The minimum absolute atomic E-state index is 0.125. The second-order valence-corrected chi connectivity index (χ2v) is 4.91. The second-order valence-electron chi connectivity index (χ2n) is 4.91. The first-order valence-electron chi connectivity index (χ1n) is 7.99. The predicted molar refractivity (Wildman–Crippen MR) is 91.0 cm³/mol. The van der Waals surface area contributed by atoms with Crippen molar-refractivity contribution >= 4 is 11.7 Å². The maximum atomic E-state index is 10.5. The van der Waals surface area contributed by atoms with Gasteiger partial charge in [0.25, 0.3) is 0 Å². The van der Waals surface area contributed by atoms with E-state index in [9.17, 15) is 9.59 Å². The summed E-state index contributed by atoms with van der Waals surface area (Å²) in [6.07, 6.45) is 2.42. The van der Waals surface area contributed by atoms with Crippen molar-refractivity contribution in [3.63, 3.8) is 0 Å². The Labute approximate surface area is 127 Å². The molecule has 0 saturated carbocycles. The quantitative estimate of drug-likeness (QED) is 0.787. The molecule has 0 atom stereocenters. The van der Waals surface area contributed by atoms with Crippen LogP contribution in [0.1, 0.15) is 81.6 Å². The van der Waals surface area contributed by atoms with Crippen LogP contribution >= 0.6 is 0 Å². The molecular weight excluding hydrogens is 250 g/mol.